The average Bonchev–Trinajstić information content (AvgIpc) is 2.79. The van der Waals surface area contributed by atoms with Gasteiger partial charge in [-0.15, -0.1) is 0 Å². The number of amides is 1. The molecule has 0 bridgehead atoms. The highest BCUT2D eigenvalue weighted by Gasteiger charge is 2.27. The predicted molar refractivity (Wildman–Crippen MR) is 66.6 cm³/mol. The van der Waals surface area contributed by atoms with Crippen LogP contribution in [0.5, 0.6) is 0 Å². The predicted octanol–water partition coefficient (Wildman–Crippen LogP) is 1.46. The number of piperazine rings is 1. The van der Waals surface area contributed by atoms with Gasteiger partial charge in [-0.3, -0.25) is 10.1 Å². The number of carbonyl (C=O) groups is 1. The number of aromatic nitrogens is 1. The van der Waals surface area contributed by atoms with E-state index < -0.39 is 0 Å². The third-order valence-electron chi connectivity index (χ3n) is 3.37. The fourth-order valence-corrected chi connectivity index (χ4v) is 2.35. The molecular weight excluding hydrogens is 233 g/mol. The van der Waals surface area contributed by atoms with Crippen LogP contribution in [-0.4, -0.2) is 23.5 Å². The zero-order valence-electron chi connectivity index (χ0n) is 9.96. The zero-order valence-corrected chi connectivity index (χ0v) is 9.96. The molecule has 5 heteroatoms. The van der Waals surface area contributed by atoms with Gasteiger partial charge >= 0.3 is 0 Å². The molecule has 1 aromatic carbocycles. The van der Waals surface area contributed by atoms with Crippen molar-refractivity contribution in [2.24, 2.45) is 0 Å². The third kappa shape index (κ3) is 1.76. The Hall–Kier alpha value is -1.88. The van der Waals surface area contributed by atoms with E-state index in [-0.39, 0.29) is 23.8 Å². The maximum atomic E-state index is 14.0. The van der Waals surface area contributed by atoms with Crippen molar-refractivity contribution in [3.8, 4) is 0 Å². The number of hydrogen-bond donors (Lipinski definition) is 3. The summed E-state index contributed by atoms with van der Waals surface area (Å²) in [7, 11) is 0. The number of nitrogens with one attached hydrogen (secondary N) is 3. The summed E-state index contributed by atoms with van der Waals surface area (Å²) in [6.07, 6.45) is 1.78. The van der Waals surface area contributed by atoms with Crippen LogP contribution in [0.2, 0.25) is 0 Å². The van der Waals surface area contributed by atoms with Crippen LogP contribution in [0.4, 0.5) is 4.39 Å². The molecule has 0 saturated carbocycles. The molecule has 1 amide bonds. The fourth-order valence-electron chi connectivity index (χ4n) is 2.35. The van der Waals surface area contributed by atoms with Crippen molar-refractivity contribution >= 4 is 16.8 Å². The van der Waals surface area contributed by atoms with Crippen LogP contribution in [0, 0.1) is 5.82 Å². The Kier molecular flexibility index (Phi) is 2.56. The number of rotatable bonds is 1. The maximum absolute atomic E-state index is 14.0. The van der Waals surface area contributed by atoms with Crippen molar-refractivity contribution in [3.05, 3.63) is 35.8 Å². The largest absolute Gasteiger partial charge is 0.361 e. The van der Waals surface area contributed by atoms with Gasteiger partial charge < -0.3 is 10.3 Å². The van der Waals surface area contributed by atoms with Gasteiger partial charge in [-0.1, -0.05) is 0 Å². The minimum Gasteiger partial charge on any atom is -0.361 e. The Bertz CT molecular complexity index is 607. The van der Waals surface area contributed by atoms with Crippen molar-refractivity contribution < 1.29 is 9.18 Å². The van der Waals surface area contributed by atoms with Crippen molar-refractivity contribution in [2.75, 3.05) is 6.54 Å². The van der Waals surface area contributed by atoms with Crippen LogP contribution in [0.3, 0.4) is 0 Å². The second kappa shape index (κ2) is 4.10. The van der Waals surface area contributed by atoms with Gasteiger partial charge in [-0.2, -0.15) is 0 Å². The molecule has 3 rings (SSSR count). The van der Waals surface area contributed by atoms with Gasteiger partial charge in [0.15, 0.2) is 0 Å². The van der Waals surface area contributed by atoms with Crippen molar-refractivity contribution in [3.63, 3.8) is 0 Å². The normalized spacial score (nSPS) is 24.2. The van der Waals surface area contributed by atoms with Gasteiger partial charge in [0.2, 0.25) is 5.91 Å². The highest BCUT2D eigenvalue weighted by molar-refractivity contribution is 5.83. The topological polar surface area (TPSA) is 56.9 Å². The third-order valence-corrected chi connectivity index (χ3v) is 3.37. The Morgan fingerprint density at radius 2 is 2.22 bits per heavy atom. The summed E-state index contributed by atoms with van der Waals surface area (Å²) in [6.45, 7) is 2.18. The van der Waals surface area contributed by atoms with Crippen LogP contribution in [0.15, 0.2) is 24.4 Å². The first kappa shape index (κ1) is 11.2. The molecule has 0 aliphatic carbocycles. The molecule has 94 valence electrons. The van der Waals surface area contributed by atoms with Gasteiger partial charge in [-0.25, -0.2) is 4.39 Å². The molecule has 1 fully saturated rings. The number of hydrogen-bond acceptors (Lipinski definition) is 2. The van der Waals surface area contributed by atoms with Gasteiger partial charge in [0.1, 0.15) is 5.82 Å². The van der Waals surface area contributed by atoms with Crippen LogP contribution >= 0.6 is 0 Å². The molecule has 2 heterocycles. The van der Waals surface area contributed by atoms with E-state index in [1.807, 2.05) is 6.07 Å². The van der Waals surface area contributed by atoms with E-state index in [9.17, 15) is 9.18 Å². The van der Waals surface area contributed by atoms with Crippen LogP contribution < -0.4 is 10.6 Å². The van der Waals surface area contributed by atoms with Gasteiger partial charge in [0.05, 0.1) is 12.1 Å². The average molecular weight is 247 g/mol. The van der Waals surface area contributed by atoms with Crippen LogP contribution in [-0.2, 0) is 4.79 Å². The smallest absolute Gasteiger partial charge is 0.236 e. The van der Waals surface area contributed by atoms with E-state index >= 15 is 0 Å². The highest BCUT2D eigenvalue weighted by atomic mass is 19.1. The Labute approximate surface area is 104 Å². The summed E-state index contributed by atoms with van der Waals surface area (Å²) < 4.78 is 14.0. The van der Waals surface area contributed by atoms with E-state index in [0.29, 0.717) is 12.1 Å². The Morgan fingerprint density at radius 1 is 1.39 bits per heavy atom. The quantitative estimate of drug-likeness (QED) is 0.714. The lowest BCUT2D eigenvalue weighted by Gasteiger charge is -2.29. The summed E-state index contributed by atoms with van der Waals surface area (Å²) >= 11 is 0. The lowest BCUT2D eigenvalue weighted by atomic mass is 10.0. The molecule has 2 aromatic rings. The summed E-state index contributed by atoms with van der Waals surface area (Å²) in [5, 5.41) is 6.74. The van der Waals surface area contributed by atoms with Gasteiger partial charge in [-0.05, 0) is 25.1 Å². The molecule has 1 aliphatic heterocycles. The number of halogens is 1. The standard InChI is InChI=1S/C13H14FN3O/c1-7-13(18)16-6-12(17-7)9-5-11-8(2-3-15-11)4-10(9)14/h2-5,7,12,15,17H,6H2,1H3,(H,16,18)/t7-,12?/m0/s1. The molecule has 0 radical (unpaired) electrons. The lowest BCUT2D eigenvalue weighted by Crippen LogP contribution is -2.53. The van der Waals surface area contributed by atoms with E-state index in [2.05, 4.69) is 15.6 Å². The monoisotopic (exact) mass is 247 g/mol. The molecule has 2 atom stereocenters. The second-order valence-electron chi connectivity index (χ2n) is 4.62. The van der Waals surface area contributed by atoms with Gasteiger partial charge in [0, 0.05) is 29.2 Å². The molecule has 0 spiro atoms. The van der Waals surface area contributed by atoms with Crippen molar-refractivity contribution in [2.45, 2.75) is 19.0 Å². The molecule has 1 saturated heterocycles. The first-order chi connectivity index (χ1) is 8.65. The van der Waals surface area contributed by atoms with Gasteiger partial charge in [0.25, 0.3) is 0 Å². The highest BCUT2D eigenvalue weighted by Crippen LogP contribution is 2.24. The molecule has 3 N–H and O–H groups in total. The van der Waals surface area contributed by atoms with Crippen LogP contribution in [0.25, 0.3) is 10.9 Å². The Balaban J connectivity index is 1.98. The summed E-state index contributed by atoms with van der Waals surface area (Å²) in [4.78, 5) is 14.4. The summed E-state index contributed by atoms with van der Waals surface area (Å²) in [6, 6.07) is 4.66. The molecular formula is C13H14FN3O. The first-order valence-corrected chi connectivity index (χ1v) is 5.95. The second-order valence-corrected chi connectivity index (χ2v) is 4.62. The minimum atomic E-state index is -0.303. The minimum absolute atomic E-state index is 0.0485. The molecule has 18 heavy (non-hydrogen) atoms. The summed E-state index contributed by atoms with van der Waals surface area (Å²) in [5.41, 5.74) is 1.48. The zero-order chi connectivity index (χ0) is 12.7. The molecule has 1 aromatic heterocycles. The SMILES string of the molecule is C[C@@H]1NC(c2cc3[nH]ccc3cc2F)CNC1=O. The summed E-state index contributed by atoms with van der Waals surface area (Å²) in [5.74, 6) is -0.296. The van der Waals surface area contributed by atoms with Crippen molar-refractivity contribution in [1.29, 1.82) is 0 Å². The number of aromatic amines is 1. The van der Waals surface area contributed by atoms with E-state index in [1.165, 1.54) is 6.07 Å². The van der Waals surface area contributed by atoms with E-state index in [1.54, 1.807) is 19.2 Å². The molecule has 1 aliphatic rings. The number of H-pyrrole nitrogens is 1. The lowest BCUT2D eigenvalue weighted by molar-refractivity contribution is -0.124. The van der Waals surface area contributed by atoms with E-state index in [4.69, 9.17) is 0 Å². The first-order valence-electron chi connectivity index (χ1n) is 5.95. The number of benzene rings is 1. The molecule has 4 nitrogen and oxygen atoms in total. The van der Waals surface area contributed by atoms with E-state index in [0.717, 1.165) is 10.9 Å². The van der Waals surface area contributed by atoms with Crippen molar-refractivity contribution in [1.82, 2.24) is 15.6 Å². The fraction of sp³-hybridized carbons (Fsp3) is 0.308. The van der Waals surface area contributed by atoms with Crippen LogP contribution in [0.1, 0.15) is 18.5 Å². The molecule has 1 unspecified atom stereocenters. The number of fused-ring (bicyclic) bond motifs is 1. The number of carbonyl (C=O) groups excluding carboxylic acids is 1. The maximum Gasteiger partial charge on any atom is 0.236 e. The Morgan fingerprint density at radius 3 is 3.00 bits per heavy atom.